The van der Waals surface area contributed by atoms with Crippen LogP contribution >= 0.6 is 0 Å². The molecule has 2 aromatic rings. The van der Waals surface area contributed by atoms with Crippen LogP contribution in [0.2, 0.25) is 0 Å². The van der Waals surface area contributed by atoms with Crippen LogP contribution in [0.4, 0.5) is 11.4 Å². The summed E-state index contributed by atoms with van der Waals surface area (Å²) in [5.41, 5.74) is 6.91. The van der Waals surface area contributed by atoms with Gasteiger partial charge in [-0.3, -0.25) is 9.59 Å². The molecule has 0 spiro atoms. The van der Waals surface area contributed by atoms with Gasteiger partial charge in [0, 0.05) is 17.8 Å². The zero-order valence-electron chi connectivity index (χ0n) is 13.3. The van der Waals surface area contributed by atoms with Crippen molar-refractivity contribution in [2.24, 2.45) is 0 Å². The number of hydrogen-bond donors (Lipinski definition) is 1. The summed E-state index contributed by atoms with van der Waals surface area (Å²) in [6.07, 6.45) is 1.24. The summed E-state index contributed by atoms with van der Waals surface area (Å²) in [6, 6.07) is 9.68. The van der Waals surface area contributed by atoms with Gasteiger partial charge in [0.2, 0.25) is 5.91 Å². The van der Waals surface area contributed by atoms with E-state index in [1.807, 2.05) is 49.1 Å². The molecule has 0 fully saturated rings. The summed E-state index contributed by atoms with van der Waals surface area (Å²) in [4.78, 5) is 26.4. The number of aryl methyl sites for hydroxylation is 2. The number of carbonyl (C=O) groups is 2. The zero-order chi connectivity index (χ0) is 16.1. The van der Waals surface area contributed by atoms with Crippen molar-refractivity contribution < 1.29 is 9.59 Å². The quantitative estimate of drug-likeness (QED) is 0.927. The SMILES string of the molecule is Cc1ccc(NC(=O)c2cc3c4c(c2)CC(=O)N4CC3)cc1C. The number of benzene rings is 2. The minimum atomic E-state index is -0.120. The van der Waals surface area contributed by atoms with Gasteiger partial charge in [0.15, 0.2) is 0 Å². The molecule has 4 nitrogen and oxygen atoms in total. The fourth-order valence-electron chi connectivity index (χ4n) is 3.44. The monoisotopic (exact) mass is 306 g/mol. The maximum absolute atomic E-state index is 12.6. The highest BCUT2D eigenvalue weighted by Crippen LogP contribution is 2.38. The van der Waals surface area contributed by atoms with E-state index >= 15 is 0 Å². The van der Waals surface area contributed by atoms with Crippen molar-refractivity contribution in [3.63, 3.8) is 0 Å². The lowest BCUT2D eigenvalue weighted by atomic mass is 10.0. The van der Waals surface area contributed by atoms with E-state index in [4.69, 9.17) is 0 Å². The van der Waals surface area contributed by atoms with Gasteiger partial charge >= 0.3 is 0 Å². The minimum Gasteiger partial charge on any atom is -0.322 e. The van der Waals surface area contributed by atoms with E-state index < -0.39 is 0 Å². The molecule has 0 saturated heterocycles. The molecular weight excluding hydrogens is 288 g/mol. The Morgan fingerprint density at radius 1 is 1.09 bits per heavy atom. The van der Waals surface area contributed by atoms with Gasteiger partial charge in [-0.2, -0.15) is 0 Å². The highest BCUT2D eigenvalue weighted by molar-refractivity contribution is 6.08. The summed E-state index contributed by atoms with van der Waals surface area (Å²) < 4.78 is 0. The third-order valence-corrected chi connectivity index (χ3v) is 4.81. The van der Waals surface area contributed by atoms with E-state index in [2.05, 4.69) is 5.32 Å². The Balaban J connectivity index is 1.64. The van der Waals surface area contributed by atoms with Crippen LogP contribution in [0.5, 0.6) is 0 Å². The third-order valence-electron chi connectivity index (χ3n) is 4.81. The molecule has 1 N–H and O–H groups in total. The first-order valence-electron chi connectivity index (χ1n) is 7.88. The van der Waals surface area contributed by atoms with E-state index in [1.54, 1.807) is 0 Å². The normalized spacial score (nSPS) is 15.0. The third kappa shape index (κ3) is 2.22. The summed E-state index contributed by atoms with van der Waals surface area (Å²) in [6.45, 7) is 4.82. The van der Waals surface area contributed by atoms with Gasteiger partial charge in [-0.25, -0.2) is 0 Å². The predicted molar refractivity (Wildman–Crippen MR) is 90.1 cm³/mol. The average Bonchev–Trinajstić information content (AvgIpc) is 3.08. The molecule has 2 amide bonds. The number of anilines is 2. The van der Waals surface area contributed by atoms with Crippen molar-refractivity contribution in [3.05, 3.63) is 58.1 Å². The second kappa shape index (κ2) is 4.95. The lowest BCUT2D eigenvalue weighted by Gasteiger charge is -2.11. The Morgan fingerprint density at radius 3 is 2.65 bits per heavy atom. The Labute approximate surface area is 135 Å². The maximum Gasteiger partial charge on any atom is 0.255 e. The summed E-state index contributed by atoms with van der Waals surface area (Å²) in [5, 5.41) is 2.96. The fraction of sp³-hybridized carbons (Fsp3) is 0.263. The largest absolute Gasteiger partial charge is 0.322 e. The second-order valence-electron chi connectivity index (χ2n) is 6.37. The molecule has 4 rings (SSSR count). The summed E-state index contributed by atoms with van der Waals surface area (Å²) in [7, 11) is 0. The van der Waals surface area contributed by atoms with E-state index in [1.165, 1.54) is 5.56 Å². The molecule has 2 aliphatic heterocycles. The highest BCUT2D eigenvalue weighted by atomic mass is 16.2. The van der Waals surface area contributed by atoms with Crippen molar-refractivity contribution in [2.45, 2.75) is 26.7 Å². The lowest BCUT2D eigenvalue weighted by molar-refractivity contribution is -0.117. The van der Waals surface area contributed by atoms with Gasteiger partial charge in [0.05, 0.1) is 12.1 Å². The van der Waals surface area contributed by atoms with Crippen LogP contribution in [0.25, 0.3) is 0 Å². The second-order valence-corrected chi connectivity index (χ2v) is 6.37. The molecule has 0 unspecified atom stereocenters. The lowest BCUT2D eigenvalue weighted by Crippen LogP contribution is -2.24. The average molecular weight is 306 g/mol. The van der Waals surface area contributed by atoms with Crippen molar-refractivity contribution in [3.8, 4) is 0 Å². The van der Waals surface area contributed by atoms with Gasteiger partial charge < -0.3 is 10.2 Å². The molecule has 0 radical (unpaired) electrons. The molecule has 4 heteroatoms. The molecule has 0 saturated carbocycles. The molecular formula is C19H18N2O2. The maximum atomic E-state index is 12.6. The van der Waals surface area contributed by atoms with Gasteiger partial charge in [-0.05, 0) is 66.8 Å². The summed E-state index contributed by atoms with van der Waals surface area (Å²) >= 11 is 0. The Morgan fingerprint density at radius 2 is 1.87 bits per heavy atom. The fourth-order valence-corrected chi connectivity index (χ4v) is 3.44. The molecule has 0 aromatic heterocycles. The van der Waals surface area contributed by atoms with E-state index in [0.29, 0.717) is 12.0 Å². The van der Waals surface area contributed by atoms with Crippen LogP contribution in [0, 0.1) is 13.8 Å². The van der Waals surface area contributed by atoms with Gasteiger partial charge in [-0.1, -0.05) is 6.07 Å². The Bertz CT molecular complexity index is 855. The van der Waals surface area contributed by atoms with Crippen LogP contribution in [0.15, 0.2) is 30.3 Å². The van der Waals surface area contributed by atoms with Crippen LogP contribution in [0.1, 0.15) is 32.6 Å². The van der Waals surface area contributed by atoms with Crippen LogP contribution in [-0.4, -0.2) is 18.4 Å². The number of nitrogens with zero attached hydrogens (tertiary/aromatic N) is 1. The first-order chi connectivity index (χ1) is 11.0. The molecule has 23 heavy (non-hydrogen) atoms. The molecule has 0 bridgehead atoms. The highest BCUT2D eigenvalue weighted by Gasteiger charge is 2.34. The van der Waals surface area contributed by atoms with Gasteiger partial charge in [-0.15, -0.1) is 0 Å². The van der Waals surface area contributed by atoms with Crippen molar-refractivity contribution in [2.75, 3.05) is 16.8 Å². The number of rotatable bonds is 2. The number of hydrogen-bond acceptors (Lipinski definition) is 2. The number of nitrogens with one attached hydrogen (secondary N) is 1. The molecule has 0 aliphatic carbocycles. The minimum absolute atomic E-state index is 0.120. The standard InChI is InChI=1S/C19H18N2O2/c1-11-3-4-16(7-12(11)2)20-19(23)15-8-13-5-6-21-17(22)10-14(9-15)18(13)21/h3-4,7-9H,5-6,10H2,1-2H3,(H,20,23). The first-order valence-corrected chi connectivity index (χ1v) is 7.88. The van der Waals surface area contributed by atoms with E-state index in [9.17, 15) is 9.59 Å². The van der Waals surface area contributed by atoms with Crippen LogP contribution < -0.4 is 10.2 Å². The van der Waals surface area contributed by atoms with Gasteiger partial charge in [0.1, 0.15) is 0 Å². The molecule has 116 valence electrons. The molecule has 2 aliphatic rings. The van der Waals surface area contributed by atoms with E-state index in [-0.39, 0.29) is 11.8 Å². The summed E-state index contributed by atoms with van der Waals surface area (Å²) in [5.74, 6) is 0.0237. The molecule has 2 aromatic carbocycles. The zero-order valence-corrected chi connectivity index (χ0v) is 13.3. The number of carbonyl (C=O) groups excluding carboxylic acids is 2. The van der Waals surface area contributed by atoms with Gasteiger partial charge in [0.25, 0.3) is 5.91 Å². The Kier molecular flexibility index (Phi) is 3.01. The topological polar surface area (TPSA) is 49.4 Å². The first kappa shape index (κ1) is 14.0. The molecule has 0 atom stereocenters. The van der Waals surface area contributed by atoms with Crippen molar-refractivity contribution in [1.82, 2.24) is 0 Å². The van der Waals surface area contributed by atoms with Crippen LogP contribution in [-0.2, 0) is 17.6 Å². The number of amides is 2. The predicted octanol–water partition coefficient (Wildman–Crippen LogP) is 3.00. The molecule has 2 heterocycles. The Hall–Kier alpha value is -2.62. The van der Waals surface area contributed by atoms with Crippen LogP contribution in [0.3, 0.4) is 0 Å². The van der Waals surface area contributed by atoms with E-state index in [0.717, 1.165) is 41.0 Å². The van der Waals surface area contributed by atoms with Crippen molar-refractivity contribution >= 4 is 23.2 Å². The van der Waals surface area contributed by atoms with Crippen molar-refractivity contribution in [1.29, 1.82) is 0 Å². The smallest absolute Gasteiger partial charge is 0.255 e.